The number of anilines is 2. The van der Waals surface area contributed by atoms with Crippen molar-refractivity contribution in [3.05, 3.63) is 82.5 Å². The first kappa shape index (κ1) is 25.9. The van der Waals surface area contributed by atoms with E-state index in [1.54, 1.807) is 6.07 Å². The van der Waals surface area contributed by atoms with Gasteiger partial charge in [0, 0.05) is 38.1 Å². The topological polar surface area (TPSA) is 109 Å². The number of ether oxygens (including phenoxy) is 1. The summed E-state index contributed by atoms with van der Waals surface area (Å²) in [6, 6.07) is 16.6. The number of aromatic nitrogens is 1. The number of hydrogen-bond donors (Lipinski definition) is 1. The Kier molecular flexibility index (Phi) is 8.10. The Morgan fingerprint density at radius 3 is 2.36 bits per heavy atom. The molecule has 2 aromatic carbocycles. The number of hydrogen-bond acceptors (Lipinski definition) is 7. The highest BCUT2D eigenvalue weighted by molar-refractivity contribution is 7.89. The van der Waals surface area contributed by atoms with Crippen LogP contribution >= 0.6 is 23.2 Å². The van der Waals surface area contributed by atoms with Crippen LogP contribution in [0.4, 0.5) is 11.5 Å². The zero-order valence-corrected chi connectivity index (χ0v) is 21.3. The Balaban J connectivity index is 1.39. The van der Waals surface area contributed by atoms with Crippen LogP contribution in [0.15, 0.2) is 71.8 Å². The van der Waals surface area contributed by atoms with E-state index in [0.29, 0.717) is 31.2 Å². The minimum Gasteiger partial charge on any atom is -0.452 e. The third kappa shape index (κ3) is 6.14. The number of carbonyl (C=O) groups is 2. The maximum atomic E-state index is 13.2. The molecule has 12 heteroatoms. The minimum atomic E-state index is -3.87. The van der Waals surface area contributed by atoms with Crippen molar-refractivity contribution >= 4 is 56.6 Å². The first-order valence-corrected chi connectivity index (χ1v) is 13.1. The lowest BCUT2D eigenvalue weighted by molar-refractivity contribution is -0.119. The smallest absolute Gasteiger partial charge is 0.340 e. The molecule has 9 nitrogen and oxygen atoms in total. The van der Waals surface area contributed by atoms with Crippen molar-refractivity contribution in [2.45, 2.75) is 4.90 Å². The second-order valence-electron chi connectivity index (χ2n) is 7.85. The first-order valence-electron chi connectivity index (χ1n) is 10.9. The number of sulfonamides is 1. The SMILES string of the molecule is O=C(COC(=O)c1cc(S(=O)(=O)N2CCN(c3ccccc3)CC2)ccc1Cl)Nc1ccc(Cl)cn1. The second kappa shape index (κ2) is 11.3. The van der Waals surface area contributed by atoms with E-state index in [-0.39, 0.29) is 21.3 Å². The van der Waals surface area contributed by atoms with Gasteiger partial charge in [-0.1, -0.05) is 41.4 Å². The molecule has 1 aromatic heterocycles. The van der Waals surface area contributed by atoms with Gasteiger partial charge in [0.15, 0.2) is 6.61 Å². The normalized spacial score (nSPS) is 14.3. The Morgan fingerprint density at radius 1 is 0.972 bits per heavy atom. The van der Waals surface area contributed by atoms with Gasteiger partial charge in [0.2, 0.25) is 10.0 Å². The molecule has 0 spiro atoms. The highest BCUT2D eigenvalue weighted by Crippen LogP contribution is 2.25. The number of nitrogens with zero attached hydrogens (tertiary/aromatic N) is 3. The molecule has 3 aromatic rings. The Morgan fingerprint density at radius 2 is 1.69 bits per heavy atom. The summed E-state index contributed by atoms with van der Waals surface area (Å²) >= 11 is 11.9. The number of piperazine rings is 1. The first-order chi connectivity index (χ1) is 17.2. The summed E-state index contributed by atoms with van der Waals surface area (Å²) in [6.07, 6.45) is 1.36. The number of halogens is 2. The molecule has 1 N–H and O–H groups in total. The molecule has 0 radical (unpaired) electrons. The summed E-state index contributed by atoms with van der Waals surface area (Å²) < 4.78 is 32.9. The second-order valence-corrected chi connectivity index (χ2v) is 10.6. The van der Waals surface area contributed by atoms with E-state index in [0.717, 1.165) is 5.69 Å². The van der Waals surface area contributed by atoms with Crippen LogP contribution in [0.25, 0.3) is 0 Å². The fourth-order valence-electron chi connectivity index (χ4n) is 3.63. The lowest BCUT2D eigenvalue weighted by Gasteiger charge is -2.35. The van der Waals surface area contributed by atoms with Crippen molar-refractivity contribution in [1.29, 1.82) is 0 Å². The number of nitrogens with one attached hydrogen (secondary N) is 1. The van der Waals surface area contributed by atoms with E-state index < -0.39 is 28.5 Å². The monoisotopic (exact) mass is 548 g/mol. The van der Waals surface area contributed by atoms with Gasteiger partial charge in [0.25, 0.3) is 5.91 Å². The highest BCUT2D eigenvalue weighted by Gasteiger charge is 2.30. The maximum absolute atomic E-state index is 13.2. The number of rotatable bonds is 7. The standard InChI is InChI=1S/C24H22Cl2N4O5S/c25-17-6-9-22(27-15-17)28-23(31)16-35-24(32)20-14-19(7-8-21(20)26)36(33,34)30-12-10-29(11-13-30)18-4-2-1-3-5-18/h1-9,14-15H,10-13,16H2,(H,27,28,31). The van der Waals surface area contributed by atoms with Crippen molar-refractivity contribution < 1.29 is 22.7 Å². The van der Waals surface area contributed by atoms with Crippen LogP contribution in [0.3, 0.4) is 0 Å². The van der Waals surface area contributed by atoms with E-state index in [2.05, 4.69) is 15.2 Å². The fraction of sp³-hybridized carbons (Fsp3) is 0.208. The third-order valence-corrected chi connectivity index (χ3v) is 7.93. The molecule has 4 rings (SSSR count). The molecule has 0 saturated carbocycles. The molecule has 188 valence electrons. The largest absolute Gasteiger partial charge is 0.452 e. The van der Waals surface area contributed by atoms with Crippen LogP contribution in [-0.2, 0) is 19.6 Å². The van der Waals surface area contributed by atoms with Gasteiger partial charge in [0.1, 0.15) is 5.82 Å². The number of para-hydroxylation sites is 1. The number of esters is 1. The molecule has 36 heavy (non-hydrogen) atoms. The molecule has 1 aliphatic rings. The third-order valence-electron chi connectivity index (χ3n) is 5.48. The van der Waals surface area contributed by atoms with Gasteiger partial charge in [0.05, 0.1) is 20.5 Å². The molecule has 0 aliphatic carbocycles. The Labute approximate surface area is 218 Å². The molecule has 1 aliphatic heterocycles. The van der Waals surface area contributed by atoms with Crippen LogP contribution < -0.4 is 10.2 Å². The van der Waals surface area contributed by atoms with Gasteiger partial charge in [-0.25, -0.2) is 18.2 Å². The van der Waals surface area contributed by atoms with E-state index in [1.165, 1.54) is 34.8 Å². The van der Waals surface area contributed by atoms with Crippen LogP contribution in [0.2, 0.25) is 10.0 Å². The molecular formula is C24H22Cl2N4O5S. The van der Waals surface area contributed by atoms with E-state index in [9.17, 15) is 18.0 Å². The zero-order valence-electron chi connectivity index (χ0n) is 18.9. The van der Waals surface area contributed by atoms with Gasteiger partial charge < -0.3 is 15.0 Å². The lowest BCUT2D eigenvalue weighted by atomic mass is 10.2. The summed E-state index contributed by atoms with van der Waals surface area (Å²) in [4.78, 5) is 30.6. The average Bonchev–Trinajstić information content (AvgIpc) is 2.89. The fourth-order valence-corrected chi connectivity index (χ4v) is 5.39. The summed E-state index contributed by atoms with van der Waals surface area (Å²) in [5.41, 5.74) is 0.875. The van der Waals surface area contributed by atoms with Crippen LogP contribution in [0.5, 0.6) is 0 Å². The maximum Gasteiger partial charge on any atom is 0.340 e. The number of benzene rings is 2. The van der Waals surface area contributed by atoms with Crippen molar-refractivity contribution in [2.75, 3.05) is 43.0 Å². The lowest BCUT2D eigenvalue weighted by Crippen LogP contribution is -2.48. The van der Waals surface area contributed by atoms with Crippen LogP contribution in [0, 0.1) is 0 Å². The molecule has 1 amide bonds. The minimum absolute atomic E-state index is 0.00706. The van der Waals surface area contributed by atoms with Gasteiger partial charge in [-0.2, -0.15) is 4.31 Å². The van der Waals surface area contributed by atoms with Crippen molar-refractivity contribution in [3.63, 3.8) is 0 Å². The van der Waals surface area contributed by atoms with Crippen molar-refractivity contribution in [3.8, 4) is 0 Å². The van der Waals surface area contributed by atoms with Gasteiger partial charge in [-0.05, 0) is 42.5 Å². The average molecular weight is 549 g/mol. The van der Waals surface area contributed by atoms with Crippen LogP contribution in [-0.4, -0.2) is 62.4 Å². The molecule has 2 heterocycles. The summed E-state index contributed by atoms with van der Waals surface area (Å²) in [5.74, 6) is -1.32. The van der Waals surface area contributed by atoms with E-state index in [4.69, 9.17) is 27.9 Å². The predicted octanol–water partition coefficient (Wildman–Crippen LogP) is 3.69. The molecule has 0 bridgehead atoms. The Bertz CT molecular complexity index is 1350. The van der Waals surface area contributed by atoms with Crippen LogP contribution in [0.1, 0.15) is 10.4 Å². The molecule has 0 atom stereocenters. The quantitative estimate of drug-likeness (QED) is 0.448. The molecule has 0 unspecified atom stereocenters. The van der Waals surface area contributed by atoms with Gasteiger partial charge in [-0.15, -0.1) is 0 Å². The molecular weight excluding hydrogens is 527 g/mol. The zero-order chi connectivity index (χ0) is 25.7. The molecule has 1 saturated heterocycles. The van der Waals surface area contributed by atoms with Crippen molar-refractivity contribution in [1.82, 2.24) is 9.29 Å². The Hall–Kier alpha value is -3.18. The molecule has 1 fully saturated rings. The predicted molar refractivity (Wildman–Crippen MR) is 137 cm³/mol. The highest BCUT2D eigenvalue weighted by atomic mass is 35.5. The van der Waals surface area contributed by atoms with Gasteiger partial charge >= 0.3 is 5.97 Å². The van der Waals surface area contributed by atoms with E-state index >= 15 is 0 Å². The van der Waals surface area contributed by atoms with E-state index in [1.807, 2.05) is 30.3 Å². The summed E-state index contributed by atoms with van der Waals surface area (Å²) in [5, 5.41) is 2.87. The summed E-state index contributed by atoms with van der Waals surface area (Å²) in [7, 11) is -3.87. The van der Waals surface area contributed by atoms with Gasteiger partial charge in [-0.3, -0.25) is 4.79 Å². The number of carbonyl (C=O) groups excluding carboxylic acids is 2. The number of pyridine rings is 1. The number of amides is 1. The van der Waals surface area contributed by atoms with Crippen molar-refractivity contribution in [2.24, 2.45) is 0 Å². The summed E-state index contributed by atoms with van der Waals surface area (Å²) in [6.45, 7) is 1.03.